The van der Waals surface area contributed by atoms with E-state index in [9.17, 15) is 0 Å². The monoisotopic (exact) mass is 417 g/mol. The lowest BCUT2D eigenvalue weighted by Gasteiger charge is -2.15. The van der Waals surface area contributed by atoms with Crippen LogP contribution in [-0.4, -0.2) is 51.0 Å². The summed E-state index contributed by atoms with van der Waals surface area (Å²) >= 11 is 0. The lowest BCUT2D eigenvalue weighted by Crippen LogP contribution is -2.22. The molecule has 7 nitrogen and oxygen atoms in total. The first-order valence-electron chi connectivity index (χ1n) is 11.5. The average molecular weight is 418 g/mol. The summed E-state index contributed by atoms with van der Waals surface area (Å²) < 4.78 is 0. The van der Waals surface area contributed by atoms with E-state index in [0.29, 0.717) is 11.9 Å². The summed E-state index contributed by atoms with van der Waals surface area (Å²) in [6, 6.07) is 6.38. The van der Waals surface area contributed by atoms with Crippen LogP contribution in [0.25, 0.3) is 10.9 Å². The summed E-state index contributed by atoms with van der Waals surface area (Å²) in [6.45, 7) is 8.58. The molecule has 0 spiro atoms. The number of likely N-dealkylation sites (tertiary alicyclic amines) is 1. The Morgan fingerprint density at radius 1 is 0.935 bits per heavy atom. The third kappa shape index (κ3) is 4.46. The Hall–Kier alpha value is -2.80. The Bertz CT molecular complexity index is 1090. The molecule has 162 valence electrons. The number of rotatable bonds is 7. The molecule has 0 saturated carbocycles. The van der Waals surface area contributed by atoms with Crippen molar-refractivity contribution < 1.29 is 0 Å². The van der Waals surface area contributed by atoms with Gasteiger partial charge in [0.2, 0.25) is 11.9 Å². The van der Waals surface area contributed by atoms with Crippen molar-refractivity contribution in [1.82, 2.24) is 24.8 Å². The number of aromatic nitrogens is 4. The number of anilines is 3. The van der Waals surface area contributed by atoms with E-state index in [1.165, 1.54) is 43.5 Å². The molecule has 3 aromatic rings. The zero-order valence-electron chi connectivity index (χ0n) is 18.5. The Morgan fingerprint density at radius 3 is 2.65 bits per heavy atom. The van der Waals surface area contributed by atoms with Crippen LogP contribution in [0.2, 0.25) is 0 Å². The van der Waals surface area contributed by atoms with Gasteiger partial charge >= 0.3 is 0 Å². The van der Waals surface area contributed by atoms with Gasteiger partial charge in [-0.15, -0.1) is 0 Å². The standard InChI is InChI=1S/C24H31N7/c1-16-15-21(25-11-6-14-31-12-3-4-13-31)28-23(26-16)30-24-27-17(2)19-10-9-18-7-5-8-20(18)22(19)29-24/h9-10,15H,3-8,11-14H2,1-2H3,(H2,25,26,27,28,29,30). The quantitative estimate of drug-likeness (QED) is 0.559. The van der Waals surface area contributed by atoms with Crippen LogP contribution < -0.4 is 10.6 Å². The number of aryl methyl sites for hydroxylation is 4. The second-order valence-electron chi connectivity index (χ2n) is 8.76. The summed E-state index contributed by atoms with van der Waals surface area (Å²) in [7, 11) is 0. The number of benzene rings is 1. The van der Waals surface area contributed by atoms with Crippen LogP contribution in [0.4, 0.5) is 17.7 Å². The highest BCUT2D eigenvalue weighted by Crippen LogP contribution is 2.30. The zero-order chi connectivity index (χ0) is 21.2. The molecule has 1 aliphatic carbocycles. The summed E-state index contributed by atoms with van der Waals surface area (Å²) in [5, 5.41) is 7.84. The van der Waals surface area contributed by atoms with Crippen molar-refractivity contribution in [2.24, 2.45) is 0 Å². The molecular weight excluding hydrogens is 386 g/mol. The summed E-state index contributed by atoms with van der Waals surface area (Å²) in [4.78, 5) is 21.3. The number of hydrogen-bond donors (Lipinski definition) is 2. The van der Waals surface area contributed by atoms with Gasteiger partial charge in [-0.05, 0) is 83.1 Å². The van der Waals surface area contributed by atoms with Gasteiger partial charge in [0.1, 0.15) is 5.82 Å². The predicted molar refractivity (Wildman–Crippen MR) is 125 cm³/mol. The van der Waals surface area contributed by atoms with Gasteiger partial charge in [0.25, 0.3) is 0 Å². The second-order valence-corrected chi connectivity index (χ2v) is 8.76. The molecular formula is C24H31N7. The Morgan fingerprint density at radius 2 is 1.77 bits per heavy atom. The molecule has 0 amide bonds. The summed E-state index contributed by atoms with van der Waals surface area (Å²) in [5.41, 5.74) is 5.76. The van der Waals surface area contributed by atoms with E-state index in [1.54, 1.807) is 0 Å². The number of nitrogens with zero attached hydrogens (tertiary/aromatic N) is 5. The van der Waals surface area contributed by atoms with Crippen molar-refractivity contribution in [1.29, 1.82) is 0 Å². The highest BCUT2D eigenvalue weighted by atomic mass is 15.2. The maximum atomic E-state index is 4.85. The van der Waals surface area contributed by atoms with E-state index in [1.807, 2.05) is 19.9 Å². The maximum absolute atomic E-state index is 4.85. The minimum Gasteiger partial charge on any atom is -0.370 e. The van der Waals surface area contributed by atoms with E-state index in [-0.39, 0.29) is 0 Å². The van der Waals surface area contributed by atoms with Crippen molar-refractivity contribution in [3.05, 3.63) is 40.7 Å². The molecule has 1 saturated heterocycles. The first-order valence-corrected chi connectivity index (χ1v) is 11.5. The number of hydrogen-bond acceptors (Lipinski definition) is 7. The molecule has 7 heteroatoms. The molecule has 3 heterocycles. The van der Waals surface area contributed by atoms with Crippen molar-refractivity contribution in [3.63, 3.8) is 0 Å². The van der Waals surface area contributed by atoms with Crippen molar-refractivity contribution >= 4 is 28.6 Å². The van der Waals surface area contributed by atoms with E-state index in [0.717, 1.165) is 60.5 Å². The molecule has 0 bridgehead atoms. The molecule has 2 N–H and O–H groups in total. The smallest absolute Gasteiger partial charge is 0.231 e. The van der Waals surface area contributed by atoms with Crippen LogP contribution in [0.3, 0.4) is 0 Å². The van der Waals surface area contributed by atoms with Crippen LogP contribution in [0, 0.1) is 13.8 Å². The summed E-state index contributed by atoms with van der Waals surface area (Å²) in [5.74, 6) is 1.94. The van der Waals surface area contributed by atoms with Crippen molar-refractivity contribution in [2.75, 3.05) is 36.8 Å². The van der Waals surface area contributed by atoms with E-state index >= 15 is 0 Å². The van der Waals surface area contributed by atoms with Crippen LogP contribution in [0.5, 0.6) is 0 Å². The Labute approximate surface area is 183 Å². The molecule has 5 rings (SSSR count). The molecule has 1 fully saturated rings. The normalized spacial score (nSPS) is 16.1. The third-order valence-corrected chi connectivity index (χ3v) is 6.37. The van der Waals surface area contributed by atoms with Gasteiger partial charge in [0, 0.05) is 23.7 Å². The van der Waals surface area contributed by atoms with E-state index in [4.69, 9.17) is 4.98 Å². The third-order valence-electron chi connectivity index (χ3n) is 6.37. The van der Waals surface area contributed by atoms with Gasteiger partial charge in [-0.1, -0.05) is 12.1 Å². The van der Waals surface area contributed by atoms with Gasteiger partial charge in [0.05, 0.1) is 11.2 Å². The topological polar surface area (TPSA) is 78.9 Å². The predicted octanol–water partition coefficient (Wildman–Crippen LogP) is 4.17. The molecule has 2 aromatic heterocycles. The Balaban J connectivity index is 1.31. The zero-order valence-corrected chi connectivity index (χ0v) is 18.5. The molecule has 1 aliphatic heterocycles. The highest BCUT2D eigenvalue weighted by molar-refractivity contribution is 5.86. The van der Waals surface area contributed by atoms with Crippen molar-refractivity contribution in [3.8, 4) is 0 Å². The molecule has 2 aliphatic rings. The second kappa shape index (κ2) is 8.75. The fraction of sp³-hybridized carbons (Fsp3) is 0.500. The van der Waals surface area contributed by atoms with Crippen LogP contribution in [0.15, 0.2) is 18.2 Å². The van der Waals surface area contributed by atoms with Crippen LogP contribution in [-0.2, 0) is 12.8 Å². The molecule has 0 atom stereocenters. The molecule has 1 aromatic carbocycles. The maximum Gasteiger partial charge on any atom is 0.231 e. The van der Waals surface area contributed by atoms with Crippen LogP contribution >= 0.6 is 0 Å². The van der Waals surface area contributed by atoms with Crippen LogP contribution in [0.1, 0.15) is 48.2 Å². The molecule has 0 radical (unpaired) electrons. The first-order chi connectivity index (χ1) is 15.2. The number of nitrogens with one attached hydrogen (secondary N) is 2. The fourth-order valence-electron chi connectivity index (χ4n) is 4.81. The SMILES string of the molecule is Cc1cc(NCCCN2CCCC2)nc(Nc2nc(C)c3ccc4c(c3n2)CCC4)n1. The fourth-order valence-corrected chi connectivity index (χ4v) is 4.81. The van der Waals surface area contributed by atoms with Gasteiger partial charge in [-0.3, -0.25) is 5.32 Å². The average Bonchev–Trinajstić information content (AvgIpc) is 3.43. The first kappa shape index (κ1) is 20.1. The summed E-state index contributed by atoms with van der Waals surface area (Å²) in [6.07, 6.45) is 7.23. The highest BCUT2D eigenvalue weighted by Gasteiger charge is 2.17. The van der Waals surface area contributed by atoms with Gasteiger partial charge in [-0.25, -0.2) is 15.0 Å². The lowest BCUT2D eigenvalue weighted by atomic mass is 10.0. The molecule has 31 heavy (non-hydrogen) atoms. The van der Waals surface area contributed by atoms with Crippen molar-refractivity contribution in [2.45, 2.75) is 52.4 Å². The lowest BCUT2D eigenvalue weighted by molar-refractivity contribution is 0.337. The minimum absolute atomic E-state index is 0.536. The minimum atomic E-state index is 0.536. The number of fused-ring (bicyclic) bond motifs is 3. The van der Waals surface area contributed by atoms with E-state index in [2.05, 4.69) is 42.6 Å². The largest absolute Gasteiger partial charge is 0.370 e. The van der Waals surface area contributed by atoms with Gasteiger partial charge in [0.15, 0.2) is 0 Å². The van der Waals surface area contributed by atoms with E-state index < -0.39 is 0 Å². The molecule has 0 unspecified atom stereocenters. The van der Waals surface area contributed by atoms with Gasteiger partial charge < -0.3 is 10.2 Å². The Kier molecular flexibility index (Phi) is 5.68. The van der Waals surface area contributed by atoms with Gasteiger partial charge in [-0.2, -0.15) is 4.98 Å².